The average Bonchev–Trinajstić information content (AvgIpc) is 3.26. The highest BCUT2D eigenvalue weighted by atomic mass is 19.1. The summed E-state index contributed by atoms with van der Waals surface area (Å²) >= 11 is 0. The molecule has 3 aromatic carbocycles. The molecule has 0 saturated heterocycles. The van der Waals surface area contributed by atoms with E-state index in [4.69, 9.17) is 0 Å². The fraction of sp³-hybridized carbons (Fsp3) is 0.148. The molecular formula is C27H26FN3O. The zero-order valence-electron chi connectivity index (χ0n) is 17.8. The normalized spacial score (nSPS) is 10.7. The number of halogens is 1. The molecule has 162 valence electrons. The van der Waals surface area contributed by atoms with Crippen molar-refractivity contribution in [2.75, 3.05) is 0 Å². The number of rotatable bonds is 8. The molecule has 2 amide bonds. The minimum Gasteiger partial charge on any atom is -0.345 e. The van der Waals surface area contributed by atoms with Gasteiger partial charge in [-0.3, -0.25) is 0 Å². The first-order chi connectivity index (χ1) is 15.7. The number of hydrogen-bond donors (Lipinski definition) is 1. The highest BCUT2D eigenvalue weighted by molar-refractivity contribution is 5.74. The second-order valence-corrected chi connectivity index (χ2v) is 7.74. The number of amides is 2. The van der Waals surface area contributed by atoms with Crippen LogP contribution in [0.3, 0.4) is 0 Å². The lowest BCUT2D eigenvalue weighted by molar-refractivity contribution is 0.190. The number of hydrogen-bond acceptors (Lipinski definition) is 1. The predicted octanol–water partition coefficient (Wildman–Crippen LogP) is 5.59. The minimum atomic E-state index is -0.245. The van der Waals surface area contributed by atoms with Gasteiger partial charge in [-0.15, -0.1) is 0 Å². The number of nitrogens with one attached hydrogen (secondary N) is 1. The van der Waals surface area contributed by atoms with Crippen molar-refractivity contribution < 1.29 is 9.18 Å². The average molecular weight is 428 g/mol. The monoisotopic (exact) mass is 427 g/mol. The Morgan fingerprint density at radius 3 is 2.09 bits per heavy atom. The van der Waals surface area contributed by atoms with Gasteiger partial charge in [0.2, 0.25) is 0 Å². The number of carbonyl (C=O) groups is 1. The quantitative estimate of drug-likeness (QED) is 0.391. The van der Waals surface area contributed by atoms with E-state index >= 15 is 0 Å². The molecule has 0 aliphatic rings. The Morgan fingerprint density at radius 1 is 0.750 bits per heavy atom. The summed E-state index contributed by atoms with van der Waals surface area (Å²) in [5.74, 6) is -0.245. The molecule has 5 heteroatoms. The van der Waals surface area contributed by atoms with Gasteiger partial charge in [-0.05, 0) is 41.0 Å². The maximum atomic E-state index is 13.2. The van der Waals surface area contributed by atoms with Crippen molar-refractivity contribution >= 4 is 6.03 Å². The molecule has 0 bridgehead atoms. The number of carbonyl (C=O) groups excluding carboxylic acids is 1. The molecule has 4 aromatic rings. The molecule has 1 aromatic heterocycles. The van der Waals surface area contributed by atoms with Crippen molar-refractivity contribution in [3.63, 3.8) is 0 Å². The largest absolute Gasteiger partial charge is 0.345 e. The number of benzene rings is 3. The van der Waals surface area contributed by atoms with Crippen LogP contribution in [0.4, 0.5) is 9.18 Å². The van der Waals surface area contributed by atoms with Gasteiger partial charge in [0.25, 0.3) is 0 Å². The maximum absolute atomic E-state index is 13.2. The second kappa shape index (κ2) is 10.4. The highest BCUT2D eigenvalue weighted by Gasteiger charge is 2.16. The smallest absolute Gasteiger partial charge is 0.318 e. The summed E-state index contributed by atoms with van der Waals surface area (Å²) in [4.78, 5) is 14.9. The third kappa shape index (κ3) is 5.85. The van der Waals surface area contributed by atoms with Crippen molar-refractivity contribution in [2.24, 2.45) is 0 Å². The molecule has 0 fully saturated rings. The van der Waals surface area contributed by atoms with Crippen LogP contribution in [-0.4, -0.2) is 15.5 Å². The van der Waals surface area contributed by atoms with Crippen LogP contribution in [0.25, 0.3) is 0 Å². The molecule has 4 nitrogen and oxygen atoms in total. The number of aromatic nitrogens is 1. The number of urea groups is 1. The van der Waals surface area contributed by atoms with Crippen molar-refractivity contribution in [1.82, 2.24) is 14.8 Å². The Hall–Kier alpha value is -3.86. The minimum absolute atomic E-state index is 0.118. The zero-order valence-corrected chi connectivity index (χ0v) is 17.8. The topological polar surface area (TPSA) is 37.3 Å². The lowest BCUT2D eigenvalue weighted by atomic mass is 10.2. The van der Waals surface area contributed by atoms with Crippen molar-refractivity contribution in [3.05, 3.63) is 131 Å². The molecule has 32 heavy (non-hydrogen) atoms. The first-order valence-corrected chi connectivity index (χ1v) is 10.7. The van der Waals surface area contributed by atoms with E-state index in [2.05, 4.69) is 9.88 Å². The summed E-state index contributed by atoms with van der Waals surface area (Å²) in [6, 6.07) is 30.2. The Morgan fingerprint density at radius 2 is 1.41 bits per heavy atom. The fourth-order valence-corrected chi connectivity index (χ4v) is 3.62. The van der Waals surface area contributed by atoms with E-state index < -0.39 is 0 Å². The molecule has 0 unspecified atom stereocenters. The lowest BCUT2D eigenvalue weighted by Crippen LogP contribution is -2.39. The van der Waals surface area contributed by atoms with Crippen LogP contribution in [-0.2, 0) is 26.2 Å². The van der Waals surface area contributed by atoms with Gasteiger partial charge in [0.05, 0.1) is 6.54 Å². The summed E-state index contributed by atoms with van der Waals surface area (Å²) < 4.78 is 15.3. The summed E-state index contributed by atoms with van der Waals surface area (Å²) in [6.07, 6.45) is 1.99. The van der Waals surface area contributed by atoms with Crippen LogP contribution >= 0.6 is 0 Å². The van der Waals surface area contributed by atoms with E-state index in [1.54, 1.807) is 12.1 Å². The summed E-state index contributed by atoms with van der Waals surface area (Å²) in [6.45, 7) is 2.06. The molecule has 0 spiro atoms. The molecule has 0 aliphatic carbocycles. The van der Waals surface area contributed by atoms with Crippen molar-refractivity contribution in [2.45, 2.75) is 26.2 Å². The van der Waals surface area contributed by atoms with Crippen LogP contribution < -0.4 is 5.32 Å². The number of nitrogens with zero attached hydrogens (tertiary/aromatic N) is 2. The third-order valence-corrected chi connectivity index (χ3v) is 5.33. The van der Waals surface area contributed by atoms with Crippen molar-refractivity contribution in [3.8, 4) is 0 Å². The van der Waals surface area contributed by atoms with Gasteiger partial charge in [-0.2, -0.15) is 0 Å². The summed E-state index contributed by atoms with van der Waals surface area (Å²) in [7, 11) is 0. The molecular weight excluding hydrogens is 401 g/mol. The van der Waals surface area contributed by atoms with Gasteiger partial charge in [0.1, 0.15) is 5.82 Å². The van der Waals surface area contributed by atoms with Crippen LogP contribution in [0, 0.1) is 5.82 Å². The zero-order chi connectivity index (χ0) is 22.2. The van der Waals surface area contributed by atoms with Gasteiger partial charge in [-0.25, -0.2) is 9.18 Å². The Balaban J connectivity index is 1.49. The standard InChI is InChI=1S/C27H26FN3O/c28-25-15-13-24(14-16-25)19-30-17-7-12-26(30)21-31(20-23-10-5-2-6-11-23)27(32)29-18-22-8-3-1-4-9-22/h1-17H,18-21H2,(H,29,32). The molecule has 0 aliphatic heterocycles. The first-order valence-electron chi connectivity index (χ1n) is 10.7. The lowest BCUT2D eigenvalue weighted by Gasteiger charge is -2.24. The molecule has 0 radical (unpaired) electrons. The van der Waals surface area contributed by atoms with Crippen LogP contribution in [0.1, 0.15) is 22.4 Å². The van der Waals surface area contributed by atoms with Crippen LogP contribution in [0.5, 0.6) is 0 Å². The molecule has 0 saturated carbocycles. The molecule has 4 rings (SSSR count). The Labute approximate surface area is 187 Å². The fourth-order valence-electron chi connectivity index (χ4n) is 3.62. The SMILES string of the molecule is O=C(NCc1ccccc1)N(Cc1ccccc1)Cc1cccn1Cc1ccc(F)cc1. The van der Waals surface area contributed by atoms with Crippen LogP contribution in [0.15, 0.2) is 103 Å². The van der Waals surface area contributed by atoms with Gasteiger partial charge in [0, 0.05) is 31.5 Å². The van der Waals surface area contributed by atoms with E-state index in [-0.39, 0.29) is 11.8 Å². The first kappa shape index (κ1) is 21.4. The van der Waals surface area contributed by atoms with Gasteiger partial charge in [0.15, 0.2) is 0 Å². The predicted molar refractivity (Wildman–Crippen MR) is 124 cm³/mol. The highest BCUT2D eigenvalue weighted by Crippen LogP contribution is 2.14. The molecule has 0 atom stereocenters. The second-order valence-electron chi connectivity index (χ2n) is 7.74. The van der Waals surface area contributed by atoms with E-state index in [0.717, 1.165) is 22.4 Å². The maximum Gasteiger partial charge on any atom is 0.318 e. The summed E-state index contributed by atoms with van der Waals surface area (Å²) in [5.41, 5.74) is 4.14. The van der Waals surface area contributed by atoms with Gasteiger partial charge in [-0.1, -0.05) is 72.8 Å². The van der Waals surface area contributed by atoms with Crippen LogP contribution in [0.2, 0.25) is 0 Å². The third-order valence-electron chi connectivity index (χ3n) is 5.33. The van der Waals surface area contributed by atoms with Gasteiger partial charge >= 0.3 is 6.03 Å². The van der Waals surface area contributed by atoms with E-state index in [1.165, 1.54) is 12.1 Å². The Bertz CT molecular complexity index is 1120. The Kier molecular flexibility index (Phi) is 6.98. The molecule has 1 N–H and O–H groups in total. The van der Waals surface area contributed by atoms with Crippen molar-refractivity contribution in [1.29, 1.82) is 0 Å². The van der Waals surface area contributed by atoms with E-state index in [0.29, 0.717) is 26.2 Å². The van der Waals surface area contributed by atoms with E-state index in [9.17, 15) is 9.18 Å². The van der Waals surface area contributed by atoms with Gasteiger partial charge < -0.3 is 14.8 Å². The van der Waals surface area contributed by atoms with E-state index in [1.807, 2.05) is 83.9 Å². The molecule has 1 heterocycles. The summed E-state index contributed by atoms with van der Waals surface area (Å²) in [5, 5.41) is 3.04.